The number of hydrogen-bond acceptors (Lipinski definition) is 4. The number of sulfonamides is 1. The van der Waals surface area contributed by atoms with Crippen LogP contribution in [0.1, 0.15) is 34.3 Å². The average molecular weight is 442 g/mol. The van der Waals surface area contributed by atoms with Crippen LogP contribution in [-0.2, 0) is 22.7 Å². The van der Waals surface area contributed by atoms with Crippen molar-refractivity contribution in [2.24, 2.45) is 0 Å². The molecule has 0 aliphatic heterocycles. The molecule has 0 spiro atoms. The summed E-state index contributed by atoms with van der Waals surface area (Å²) in [6, 6.07) is 8.59. The van der Waals surface area contributed by atoms with E-state index in [2.05, 4.69) is 4.72 Å². The van der Waals surface area contributed by atoms with E-state index in [9.17, 15) is 26.4 Å². The zero-order valence-corrected chi connectivity index (χ0v) is 17.2. The van der Waals surface area contributed by atoms with E-state index in [-0.39, 0.29) is 28.8 Å². The third-order valence-electron chi connectivity index (χ3n) is 4.62. The number of amides is 1. The summed E-state index contributed by atoms with van der Waals surface area (Å²) < 4.78 is 71.6. The number of rotatable bonds is 7. The SMILES string of the molecule is COc1ccc(C(=O)N(C)Cc2cccc(C(F)(F)F)c2)cc1S(=O)(=O)NC1CC1. The molecular weight excluding hydrogens is 421 g/mol. The molecule has 0 heterocycles. The Bertz CT molecular complexity index is 1050. The van der Waals surface area contributed by atoms with Gasteiger partial charge in [0.25, 0.3) is 5.91 Å². The summed E-state index contributed by atoms with van der Waals surface area (Å²) in [7, 11) is -1.11. The molecule has 3 rings (SSSR count). The van der Waals surface area contributed by atoms with Crippen LogP contribution >= 0.6 is 0 Å². The Balaban J connectivity index is 1.83. The fourth-order valence-electron chi connectivity index (χ4n) is 2.92. The highest BCUT2D eigenvalue weighted by Crippen LogP contribution is 2.30. The maximum Gasteiger partial charge on any atom is 0.416 e. The van der Waals surface area contributed by atoms with E-state index < -0.39 is 27.7 Å². The van der Waals surface area contributed by atoms with Crippen molar-refractivity contribution in [1.82, 2.24) is 9.62 Å². The Morgan fingerprint density at radius 1 is 1.20 bits per heavy atom. The smallest absolute Gasteiger partial charge is 0.416 e. The minimum atomic E-state index is -4.48. The minimum absolute atomic E-state index is 0.0722. The second-order valence-electron chi connectivity index (χ2n) is 7.12. The van der Waals surface area contributed by atoms with Gasteiger partial charge in [-0.25, -0.2) is 13.1 Å². The molecule has 1 amide bonds. The van der Waals surface area contributed by atoms with E-state index >= 15 is 0 Å². The van der Waals surface area contributed by atoms with Gasteiger partial charge in [0.15, 0.2) is 0 Å². The topological polar surface area (TPSA) is 75.7 Å². The van der Waals surface area contributed by atoms with Crippen LogP contribution in [0, 0.1) is 0 Å². The number of benzene rings is 2. The van der Waals surface area contributed by atoms with Crippen molar-refractivity contribution in [1.29, 1.82) is 0 Å². The van der Waals surface area contributed by atoms with Crippen LogP contribution < -0.4 is 9.46 Å². The summed E-state index contributed by atoms with van der Waals surface area (Å²) in [4.78, 5) is 13.9. The number of methoxy groups -OCH3 is 1. The lowest BCUT2D eigenvalue weighted by atomic mass is 10.1. The zero-order chi connectivity index (χ0) is 22.1. The minimum Gasteiger partial charge on any atom is -0.495 e. The van der Waals surface area contributed by atoms with Gasteiger partial charge in [-0.05, 0) is 48.7 Å². The fourth-order valence-corrected chi connectivity index (χ4v) is 4.42. The van der Waals surface area contributed by atoms with Crippen molar-refractivity contribution in [3.63, 3.8) is 0 Å². The van der Waals surface area contributed by atoms with Crippen LogP contribution in [0.4, 0.5) is 13.2 Å². The lowest BCUT2D eigenvalue weighted by Crippen LogP contribution is -2.28. The summed E-state index contributed by atoms with van der Waals surface area (Å²) in [6.45, 7) is -0.0722. The summed E-state index contributed by atoms with van der Waals surface area (Å²) in [5.41, 5.74) is -0.413. The van der Waals surface area contributed by atoms with E-state index in [1.165, 1.54) is 49.4 Å². The molecule has 2 aromatic rings. The molecule has 162 valence electrons. The Morgan fingerprint density at radius 3 is 2.50 bits per heavy atom. The number of carbonyl (C=O) groups excluding carboxylic acids is 1. The van der Waals surface area contributed by atoms with E-state index in [1.807, 2.05) is 0 Å². The van der Waals surface area contributed by atoms with Gasteiger partial charge in [-0.1, -0.05) is 12.1 Å². The maximum absolute atomic E-state index is 12.9. The average Bonchev–Trinajstić information content (AvgIpc) is 3.49. The molecule has 0 bridgehead atoms. The van der Waals surface area contributed by atoms with Crippen molar-refractivity contribution in [3.8, 4) is 5.75 Å². The number of hydrogen-bond donors (Lipinski definition) is 1. The molecule has 1 saturated carbocycles. The van der Waals surface area contributed by atoms with Gasteiger partial charge in [0.2, 0.25) is 10.0 Å². The molecule has 0 radical (unpaired) electrons. The quantitative estimate of drug-likeness (QED) is 0.713. The molecule has 0 unspecified atom stereocenters. The highest BCUT2D eigenvalue weighted by Gasteiger charge is 2.31. The van der Waals surface area contributed by atoms with Crippen LogP contribution in [0.2, 0.25) is 0 Å². The third kappa shape index (κ3) is 5.11. The Hall–Kier alpha value is -2.59. The van der Waals surface area contributed by atoms with E-state index in [1.54, 1.807) is 0 Å². The first kappa shape index (κ1) is 22.1. The molecule has 0 aromatic heterocycles. The summed E-state index contributed by atoms with van der Waals surface area (Å²) in [6.07, 6.45) is -2.98. The first-order chi connectivity index (χ1) is 14.0. The number of halogens is 3. The summed E-state index contributed by atoms with van der Waals surface area (Å²) in [5.74, 6) is -0.432. The van der Waals surface area contributed by atoms with Crippen molar-refractivity contribution < 1.29 is 31.1 Å². The van der Waals surface area contributed by atoms with Crippen molar-refractivity contribution in [2.45, 2.75) is 36.5 Å². The van der Waals surface area contributed by atoms with E-state index in [4.69, 9.17) is 4.74 Å². The van der Waals surface area contributed by atoms with E-state index in [0.29, 0.717) is 5.56 Å². The highest BCUT2D eigenvalue weighted by molar-refractivity contribution is 7.89. The standard InChI is InChI=1S/C20H21F3N2O4S/c1-25(12-13-4-3-5-15(10-13)20(21,22)23)19(26)14-6-9-17(29-2)18(11-14)30(27,28)24-16-7-8-16/h3-6,9-11,16,24H,7-8,12H2,1-2H3. The molecule has 1 N–H and O–H groups in total. The van der Waals surface area contributed by atoms with Crippen molar-refractivity contribution in [3.05, 3.63) is 59.2 Å². The van der Waals surface area contributed by atoms with Gasteiger partial charge in [0, 0.05) is 25.2 Å². The number of nitrogens with zero attached hydrogens (tertiary/aromatic N) is 1. The molecule has 2 aromatic carbocycles. The van der Waals surface area contributed by atoms with Crippen molar-refractivity contribution in [2.75, 3.05) is 14.2 Å². The van der Waals surface area contributed by atoms with Crippen LogP contribution in [0.3, 0.4) is 0 Å². The first-order valence-electron chi connectivity index (χ1n) is 9.13. The Kier molecular flexibility index (Phi) is 6.09. The molecule has 1 fully saturated rings. The van der Waals surface area contributed by atoms with Gasteiger partial charge < -0.3 is 9.64 Å². The molecule has 1 aliphatic carbocycles. The first-order valence-corrected chi connectivity index (χ1v) is 10.6. The molecule has 0 saturated heterocycles. The molecule has 10 heteroatoms. The Morgan fingerprint density at radius 2 is 1.90 bits per heavy atom. The molecular formula is C20H21F3N2O4S. The Labute approximate surface area is 172 Å². The monoisotopic (exact) mass is 442 g/mol. The fraction of sp³-hybridized carbons (Fsp3) is 0.350. The van der Waals surface area contributed by atoms with Gasteiger partial charge in [0.1, 0.15) is 10.6 Å². The van der Waals surface area contributed by atoms with Gasteiger partial charge >= 0.3 is 6.18 Å². The van der Waals surface area contributed by atoms with Crippen LogP contribution in [0.15, 0.2) is 47.4 Å². The second kappa shape index (κ2) is 8.27. The number of nitrogens with one attached hydrogen (secondary N) is 1. The highest BCUT2D eigenvalue weighted by atomic mass is 32.2. The summed E-state index contributed by atoms with van der Waals surface area (Å²) >= 11 is 0. The van der Waals surface area contributed by atoms with Crippen LogP contribution in [0.25, 0.3) is 0 Å². The lowest BCUT2D eigenvalue weighted by Gasteiger charge is -2.19. The van der Waals surface area contributed by atoms with Gasteiger partial charge in [-0.3, -0.25) is 4.79 Å². The third-order valence-corrected chi connectivity index (χ3v) is 6.16. The van der Waals surface area contributed by atoms with Gasteiger partial charge in [0.05, 0.1) is 12.7 Å². The predicted molar refractivity (Wildman–Crippen MR) is 104 cm³/mol. The number of carbonyl (C=O) groups is 1. The molecule has 6 nitrogen and oxygen atoms in total. The number of alkyl halides is 3. The van der Waals surface area contributed by atoms with Crippen LogP contribution in [-0.4, -0.2) is 39.4 Å². The molecule has 1 aliphatic rings. The van der Waals surface area contributed by atoms with Gasteiger partial charge in [-0.15, -0.1) is 0 Å². The molecule has 30 heavy (non-hydrogen) atoms. The van der Waals surface area contributed by atoms with Gasteiger partial charge in [-0.2, -0.15) is 13.2 Å². The second-order valence-corrected chi connectivity index (χ2v) is 8.80. The lowest BCUT2D eigenvalue weighted by molar-refractivity contribution is -0.137. The van der Waals surface area contributed by atoms with E-state index in [0.717, 1.165) is 25.0 Å². The largest absolute Gasteiger partial charge is 0.495 e. The summed E-state index contributed by atoms with van der Waals surface area (Å²) in [5, 5.41) is 0. The predicted octanol–water partition coefficient (Wildman–Crippen LogP) is 3.43. The molecule has 0 atom stereocenters. The van der Waals surface area contributed by atoms with Crippen LogP contribution in [0.5, 0.6) is 5.75 Å². The maximum atomic E-state index is 12.9. The number of ether oxygens (including phenoxy) is 1. The normalized spacial score (nSPS) is 14.4. The zero-order valence-electron chi connectivity index (χ0n) is 16.4. The van der Waals surface area contributed by atoms with Crippen molar-refractivity contribution >= 4 is 15.9 Å².